The van der Waals surface area contributed by atoms with Crippen LogP contribution in [0.4, 0.5) is 0 Å². The van der Waals surface area contributed by atoms with Crippen LogP contribution in [0.15, 0.2) is 11.8 Å². The third-order valence-electron chi connectivity index (χ3n) is 1.28. The number of nitrogens with one attached hydrogen (secondary N) is 2. The predicted octanol–water partition coefficient (Wildman–Crippen LogP) is 0.850. The predicted molar refractivity (Wildman–Crippen MR) is 56.4 cm³/mol. The molecule has 0 heterocycles. The van der Waals surface area contributed by atoms with Crippen molar-refractivity contribution in [3.63, 3.8) is 0 Å². The lowest BCUT2D eigenvalue weighted by molar-refractivity contribution is -0.138. The fourth-order valence-electron chi connectivity index (χ4n) is 0.670. The number of esters is 1. The summed E-state index contributed by atoms with van der Waals surface area (Å²) in [5.41, 5.74) is 5.37. The molecule has 0 aliphatic heterocycles. The Hall–Kier alpha value is -1.54. The zero-order valence-electron chi connectivity index (χ0n) is 9.55. The molecule has 2 N–H and O–H groups in total. The van der Waals surface area contributed by atoms with Gasteiger partial charge in [-0.25, -0.2) is 10.2 Å². The summed E-state index contributed by atoms with van der Waals surface area (Å²) in [6.45, 7) is 7.79. The highest BCUT2D eigenvalue weighted by molar-refractivity contribution is 5.92. The molecule has 0 aromatic heterocycles. The van der Waals surface area contributed by atoms with E-state index in [2.05, 4.69) is 15.6 Å². The number of ether oxygens (including phenoxy) is 1. The summed E-state index contributed by atoms with van der Waals surface area (Å²) in [6, 6.07) is 1.76. The van der Waals surface area contributed by atoms with Crippen molar-refractivity contribution in [3.05, 3.63) is 11.8 Å². The molecule has 0 aromatic carbocycles. The lowest BCUT2D eigenvalue weighted by Gasteiger charge is -2.19. The quantitative estimate of drug-likeness (QED) is 0.312. The highest BCUT2D eigenvalue weighted by Crippen LogP contribution is 1.97. The van der Waals surface area contributed by atoms with E-state index in [-0.39, 0.29) is 17.7 Å². The molecule has 0 radical (unpaired) electrons. The Morgan fingerprint density at radius 2 is 2.13 bits per heavy atom. The Labute approximate surface area is 90.1 Å². The van der Waals surface area contributed by atoms with E-state index in [1.54, 1.807) is 13.0 Å². The molecule has 0 saturated carbocycles. The number of rotatable bonds is 4. The minimum Gasteiger partial charge on any atom is -0.462 e. The van der Waals surface area contributed by atoms with Crippen LogP contribution in [-0.2, 0) is 9.53 Å². The van der Waals surface area contributed by atoms with Crippen LogP contribution in [0, 0.1) is 11.3 Å². The van der Waals surface area contributed by atoms with Gasteiger partial charge in [-0.05, 0) is 27.7 Å². The van der Waals surface area contributed by atoms with Crippen LogP contribution in [0.25, 0.3) is 0 Å². The van der Waals surface area contributed by atoms with Gasteiger partial charge in [0, 0.05) is 11.7 Å². The Bertz CT molecular complexity index is 284. The second kappa shape index (κ2) is 6.04. The van der Waals surface area contributed by atoms with Crippen molar-refractivity contribution >= 4 is 5.97 Å². The van der Waals surface area contributed by atoms with E-state index in [0.717, 1.165) is 0 Å². The SMILES string of the molecule is CCOC(=O)/C(C#N)=C/NNC(C)(C)C. The first-order valence-corrected chi connectivity index (χ1v) is 4.70. The van der Waals surface area contributed by atoms with Crippen LogP contribution < -0.4 is 10.9 Å². The minimum absolute atomic E-state index is 0.0615. The van der Waals surface area contributed by atoms with Gasteiger partial charge in [-0.15, -0.1) is 0 Å². The van der Waals surface area contributed by atoms with Gasteiger partial charge < -0.3 is 10.2 Å². The maximum absolute atomic E-state index is 11.1. The Morgan fingerprint density at radius 3 is 2.53 bits per heavy atom. The number of carbonyl (C=O) groups excluding carboxylic acids is 1. The van der Waals surface area contributed by atoms with Gasteiger partial charge in [0.1, 0.15) is 6.07 Å². The van der Waals surface area contributed by atoms with Gasteiger partial charge in [0.25, 0.3) is 0 Å². The van der Waals surface area contributed by atoms with Gasteiger partial charge in [0.2, 0.25) is 0 Å². The van der Waals surface area contributed by atoms with Gasteiger partial charge in [-0.1, -0.05) is 0 Å². The highest BCUT2D eigenvalue weighted by Gasteiger charge is 2.10. The summed E-state index contributed by atoms with van der Waals surface area (Å²) in [4.78, 5) is 11.1. The van der Waals surface area contributed by atoms with Crippen molar-refractivity contribution in [3.8, 4) is 6.07 Å². The van der Waals surface area contributed by atoms with Crippen molar-refractivity contribution in [2.45, 2.75) is 33.2 Å². The lowest BCUT2D eigenvalue weighted by Crippen LogP contribution is -2.43. The lowest BCUT2D eigenvalue weighted by atomic mass is 10.1. The number of nitriles is 1. The molecule has 5 heteroatoms. The zero-order valence-corrected chi connectivity index (χ0v) is 9.55. The molecule has 0 aliphatic rings. The van der Waals surface area contributed by atoms with Crippen molar-refractivity contribution in [1.29, 1.82) is 5.26 Å². The summed E-state index contributed by atoms with van der Waals surface area (Å²) in [6.07, 6.45) is 1.29. The maximum atomic E-state index is 11.1. The summed E-state index contributed by atoms with van der Waals surface area (Å²) < 4.78 is 4.68. The van der Waals surface area contributed by atoms with Gasteiger partial charge in [-0.3, -0.25) is 0 Å². The van der Waals surface area contributed by atoms with Crippen LogP contribution in [0.1, 0.15) is 27.7 Å². The molecule has 0 amide bonds. The number of hydrazine groups is 1. The van der Waals surface area contributed by atoms with E-state index in [0.29, 0.717) is 0 Å². The van der Waals surface area contributed by atoms with Crippen molar-refractivity contribution < 1.29 is 9.53 Å². The molecule has 5 nitrogen and oxygen atoms in total. The number of hydrogen-bond acceptors (Lipinski definition) is 5. The van der Waals surface area contributed by atoms with Crippen LogP contribution in [0.2, 0.25) is 0 Å². The molecule has 84 valence electrons. The Kier molecular flexibility index (Phi) is 5.42. The zero-order chi connectivity index (χ0) is 11.9. The van der Waals surface area contributed by atoms with Crippen LogP contribution in [0.5, 0.6) is 0 Å². The first kappa shape index (κ1) is 13.5. The van der Waals surface area contributed by atoms with Crippen molar-refractivity contribution in [2.75, 3.05) is 6.61 Å². The van der Waals surface area contributed by atoms with E-state index in [9.17, 15) is 4.79 Å². The summed E-state index contributed by atoms with van der Waals surface area (Å²) in [7, 11) is 0. The van der Waals surface area contributed by atoms with Crippen LogP contribution in [-0.4, -0.2) is 18.1 Å². The van der Waals surface area contributed by atoms with Crippen LogP contribution in [0.3, 0.4) is 0 Å². The van der Waals surface area contributed by atoms with Crippen molar-refractivity contribution in [2.24, 2.45) is 0 Å². The smallest absolute Gasteiger partial charge is 0.350 e. The third-order valence-corrected chi connectivity index (χ3v) is 1.28. The second-order valence-corrected chi connectivity index (χ2v) is 3.91. The molecular weight excluding hydrogens is 194 g/mol. The molecule has 15 heavy (non-hydrogen) atoms. The van der Waals surface area contributed by atoms with Crippen molar-refractivity contribution in [1.82, 2.24) is 10.9 Å². The third kappa shape index (κ3) is 6.52. The average molecular weight is 211 g/mol. The van der Waals surface area contributed by atoms with Gasteiger partial charge in [0.15, 0.2) is 5.57 Å². The second-order valence-electron chi connectivity index (χ2n) is 3.91. The normalized spacial score (nSPS) is 11.8. The molecule has 0 fully saturated rings. The molecule has 0 aromatic rings. The number of hydrogen-bond donors (Lipinski definition) is 2. The molecular formula is C10H17N3O2. The standard InChI is InChI=1S/C10H17N3O2/c1-5-15-9(14)8(6-11)7-12-13-10(2,3)4/h7,12-13H,5H2,1-4H3/b8-7+. The van der Waals surface area contributed by atoms with E-state index in [1.165, 1.54) is 6.20 Å². The molecule has 0 bridgehead atoms. The molecule has 0 unspecified atom stereocenters. The molecule has 0 saturated heterocycles. The Balaban J connectivity index is 4.25. The van der Waals surface area contributed by atoms with Gasteiger partial charge in [-0.2, -0.15) is 5.26 Å². The first-order valence-electron chi connectivity index (χ1n) is 4.70. The van der Waals surface area contributed by atoms with Gasteiger partial charge in [0.05, 0.1) is 6.61 Å². The first-order chi connectivity index (χ1) is 6.90. The summed E-state index contributed by atoms with van der Waals surface area (Å²) in [5.74, 6) is -0.622. The molecule has 0 spiro atoms. The van der Waals surface area contributed by atoms with E-state index in [1.807, 2.05) is 20.8 Å². The minimum atomic E-state index is -0.622. The highest BCUT2D eigenvalue weighted by atomic mass is 16.5. The van der Waals surface area contributed by atoms with E-state index < -0.39 is 5.97 Å². The fourth-order valence-corrected chi connectivity index (χ4v) is 0.670. The monoisotopic (exact) mass is 211 g/mol. The van der Waals surface area contributed by atoms with E-state index in [4.69, 9.17) is 5.26 Å². The molecule has 0 aliphatic carbocycles. The average Bonchev–Trinajstić information content (AvgIpc) is 2.11. The number of nitrogens with zero attached hydrogens (tertiary/aromatic N) is 1. The number of carbonyl (C=O) groups is 1. The molecule has 0 rings (SSSR count). The largest absolute Gasteiger partial charge is 0.462 e. The Morgan fingerprint density at radius 1 is 1.53 bits per heavy atom. The van der Waals surface area contributed by atoms with E-state index >= 15 is 0 Å². The van der Waals surface area contributed by atoms with Gasteiger partial charge >= 0.3 is 5.97 Å². The fraction of sp³-hybridized carbons (Fsp3) is 0.600. The van der Waals surface area contributed by atoms with Crippen LogP contribution >= 0.6 is 0 Å². The summed E-state index contributed by atoms with van der Waals surface area (Å²) in [5, 5.41) is 8.67. The topological polar surface area (TPSA) is 74.2 Å². The molecule has 0 atom stereocenters. The summed E-state index contributed by atoms with van der Waals surface area (Å²) >= 11 is 0. The maximum Gasteiger partial charge on any atom is 0.350 e.